The molecular formula is C12H29NP2. The fourth-order valence-electron chi connectivity index (χ4n) is 1.56. The first-order valence-corrected chi connectivity index (χ1v) is 7.39. The van der Waals surface area contributed by atoms with Crippen LogP contribution in [0.25, 0.3) is 0 Å². The SMILES string of the molecule is CCC(P)(CC)CNCC(P)(CC)CC. The second-order valence-electron chi connectivity index (χ2n) is 4.74. The fourth-order valence-corrected chi connectivity index (χ4v) is 1.85. The first-order valence-electron chi connectivity index (χ1n) is 6.23. The molecule has 0 aliphatic carbocycles. The minimum atomic E-state index is 0.396. The molecule has 0 bridgehead atoms. The summed E-state index contributed by atoms with van der Waals surface area (Å²) >= 11 is 0. The molecule has 0 heterocycles. The molecule has 2 atom stereocenters. The van der Waals surface area contributed by atoms with Crippen molar-refractivity contribution < 1.29 is 0 Å². The number of nitrogens with one attached hydrogen (secondary N) is 1. The van der Waals surface area contributed by atoms with Crippen LogP contribution in [-0.4, -0.2) is 23.4 Å². The van der Waals surface area contributed by atoms with E-state index in [1.54, 1.807) is 0 Å². The lowest BCUT2D eigenvalue weighted by Gasteiger charge is -2.31. The summed E-state index contributed by atoms with van der Waals surface area (Å²) in [6.07, 6.45) is 4.90. The van der Waals surface area contributed by atoms with Crippen molar-refractivity contribution in [2.24, 2.45) is 0 Å². The van der Waals surface area contributed by atoms with Crippen molar-refractivity contribution in [2.75, 3.05) is 13.1 Å². The van der Waals surface area contributed by atoms with E-state index in [0.717, 1.165) is 13.1 Å². The zero-order valence-corrected chi connectivity index (χ0v) is 13.2. The molecular weight excluding hydrogens is 220 g/mol. The van der Waals surface area contributed by atoms with Gasteiger partial charge in [0.2, 0.25) is 0 Å². The molecule has 0 saturated heterocycles. The zero-order valence-electron chi connectivity index (χ0n) is 10.9. The molecule has 0 amide bonds. The minimum Gasteiger partial charge on any atom is -0.315 e. The van der Waals surface area contributed by atoms with Gasteiger partial charge in [-0.25, -0.2) is 0 Å². The van der Waals surface area contributed by atoms with E-state index in [-0.39, 0.29) is 0 Å². The van der Waals surface area contributed by atoms with E-state index in [4.69, 9.17) is 0 Å². The summed E-state index contributed by atoms with van der Waals surface area (Å²) in [6.45, 7) is 11.3. The first kappa shape index (κ1) is 15.8. The minimum absolute atomic E-state index is 0.396. The Morgan fingerprint density at radius 1 is 0.733 bits per heavy atom. The van der Waals surface area contributed by atoms with E-state index in [1.807, 2.05) is 0 Å². The maximum absolute atomic E-state index is 3.63. The highest BCUT2D eigenvalue weighted by Crippen LogP contribution is 2.28. The lowest BCUT2D eigenvalue weighted by molar-refractivity contribution is 0.443. The maximum atomic E-state index is 3.63. The van der Waals surface area contributed by atoms with Gasteiger partial charge in [-0.2, -0.15) is 0 Å². The molecule has 0 aliphatic heterocycles. The molecule has 0 aromatic rings. The van der Waals surface area contributed by atoms with Gasteiger partial charge < -0.3 is 5.32 Å². The van der Waals surface area contributed by atoms with Crippen LogP contribution in [-0.2, 0) is 0 Å². The van der Waals surface area contributed by atoms with Crippen molar-refractivity contribution in [3.05, 3.63) is 0 Å². The fraction of sp³-hybridized carbons (Fsp3) is 1.00. The van der Waals surface area contributed by atoms with Crippen LogP contribution in [0, 0.1) is 0 Å². The molecule has 1 nitrogen and oxygen atoms in total. The van der Waals surface area contributed by atoms with Crippen LogP contribution in [0.4, 0.5) is 0 Å². The molecule has 0 radical (unpaired) electrons. The summed E-state index contributed by atoms with van der Waals surface area (Å²) in [5.74, 6) is 0. The Bertz CT molecular complexity index is 145. The highest BCUT2D eigenvalue weighted by molar-refractivity contribution is 7.19. The summed E-state index contributed by atoms with van der Waals surface area (Å²) in [6, 6.07) is 0. The van der Waals surface area contributed by atoms with E-state index in [0.29, 0.717) is 10.3 Å². The van der Waals surface area contributed by atoms with Gasteiger partial charge in [0, 0.05) is 13.1 Å². The average molecular weight is 249 g/mol. The molecule has 0 fully saturated rings. The zero-order chi connectivity index (χ0) is 11.9. The smallest absolute Gasteiger partial charge is 0.00425 e. The van der Waals surface area contributed by atoms with E-state index in [2.05, 4.69) is 51.5 Å². The van der Waals surface area contributed by atoms with Crippen molar-refractivity contribution in [1.29, 1.82) is 0 Å². The van der Waals surface area contributed by atoms with Gasteiger partial charge >= 0.3 is 0 Å². The summed E-state index contributed by atoms with van der Waals surface area (Å²) in [5.41, 5.74) is 0. The Kier molecular flexibility index (Phi) is 7.60. The lowest BCUT2D eigenvalue weighted by atomic mass is 9.99. The third-order valence-electron chi connectivity index (χ3n) is 3.77. The highest BCUT2D eigenvalue weighted by Gasteiger charge is 2.23. The largest absolute Gasteiger partial charge is 0.315 e. The number of rotatable bonds is 8. The van der Waals surface area contributed by atoms with Gasteiger partial charge in [0.1, 0.15) is 0 Å². The molecule has 92 valence electrons. The third kappa shape index (κ3) is 5.62. The van der Waals surface area contributed by atoms with Crippen LogP contribution in [0.3, 0.4) is 0 Å². The summed E-state index contributed by atoms with van der Waals surface area (Å²) in [5, 5.41) is 4.42. The Balaban J connectivity index is 3.96. The predicted molar refractivity (Wildman–Crippen MR) is 78.9 cm³/mol. The van der Waals surface area contributed by atoms with Gasteiger partial charge in [0.25, 0.3) is 0 Å². The lowest BCUT2D eigenvalue weighted by Crippen LogP contribution is -2.41. The first-order chi connectivity index (χ1) is 6.95. The average Bonchev–Trinajstić information content (AvgIpc) is 2.28. The quantitative estimate of drug-likeness (QED) is 0.650. The predicted octanol–water partition coefficient (Wildman–Crippen LogP) is 3.44. The molecule has 0 aliphatic rings. The maximum Gasteiger partial charge on any atom is 0.00425 e. The molecule has 0 aromatic carbocycles. The van der Waals surface area contributed by atoms with Crippen molar-refractivity contribution >= 4 is 18.5 Å². The number of hydrogen-bond donors (Lipinski definition) is 1. The molecule has 0 rings (SSSR count). The van der Waals surface area contributed by atoms with Crippen molar-refractivity contribution in [2.45, 2.75) is 63.7 Å². The molecule has 3 heteroatoms. The van der Waals surface area contributed by atoms with Gasteiger partial charge in [-0.3, -0.25) is 0 Å². The molecule has 15 heavy (non-hydrogen) atoms. The Labute approximate surface area is 101 Å². The van der Waals surface area contributed by atoms with Gasteiger partial charge in [-0.05, 0) is 36.0 Å². The van der Waals surface area contributed by atoms with Crippen LogP contribution < -0.4 is 5.32 Å². The standard InChI is InChI=1S/C12H29NP2/c1-5-11(14,6-2)9-13-10-12(15,7-3)8-4/h13H,5-10,14-15H2,1-4H3. The molecule has 1 N–H and O–H groups in total. The van der Waals surface area contributed by atoms with E-state index in [1.165, 1.54) is 25.7 Å². The van der Waals surface area contributed by atoms with E-state index >= 15 is 0 Å². The van der Waals surface area contributed by atoms with Crippen LogP contribution in [0.2, 0.25) is 0 Å². The Morgan fingerprint density at radius 3 is 1.20 bits per heavy atom. The molecule has 0 spiro atoms. The van der Waals surface area contributed by atoms with Crippen LogP contribution in [0.5, 0.6) is 0 Å². The van der Waals surface area contributed by atoms with Crippen LogP contribution in [0.15, 0.2) is 0 Å². The van der Waals surface area contributed by atoms with Gasteiger partial charge in [0.15, 0.2) is 0 Å². The monoisotopic (exact) mass is 249 g/mol. The highest BCUT2D eigenvalue weighted by atomic mass is 31.0. The Morgan fingerprint density at radius 2 is 1.00 bits per heavy atom. The topological polar surface area (TPSA) is 12.0 Å². The van der Waals surface area contributed by atoms with Crippen molar-refractivity contribution in [3.63, 3.8) is 0 Å². The molecule has 2 unspecified atom stereocenters. The van der Waals surface area contributed by atoms with Gasteiger partial charge in [-0.15, -0.1) is 18.5 Å². The van der Waals surface area contributed by atoms with E-state index in [9.17, 15) is 0 Å². The van der Waals surface area contributed by atoms with Crippen LogP contribution in [0.1, 0.15) is 53.4 Å². The number of hydrogen-bond acceptors (Lipinski definition) is 1. The normalized spacial score (nSPS) is 13.2. The Hall–Kier alpha value is 0.820. The van der Waals surface area contributed by atoms with Gasteiger partial charge in [-0.1, -0.05) is 27.7 Å². The van der Waals surface area contributed by atoms with Crippen molar-refractivity contribution in [3.8, 4) is 0 Å². The van der Waals surface area contributed by atoms with E-state index < -0.39 is 0 Å². The van der Waals surface area contributed by atoms with Crippen molar-refractivity contribution in [1.82, 2.24) is 5.32 Å². The summed E-state index contributed by atoms with van der Waals surface area (Å²) in [4.78, 5) is 0. The molecule has 0 saturated carbocycles. The summed E-state index contributed by atoms with van der Waals surface area (Å²) in [7, 11) is 6.04. The van der Waals surface area contributed by atoms with Gasteiger partial charge in [0.05, 0.1) is 0 Å². The third-order valence-corrected chi connectivity index (χ3v) is 5.81. The second kappa shape index (κ2) is 7.21. The summed E-state index contributed by atoms with van der Waals surface area (Å²) < 4.78 is 0. The second-order valence-corrected chi connectivity index (χ2v) is 7.19. The molecule has 0 aromatic heterocycles. The van der Waals surface area contributed by atoms with Crippen LogP contribution >= 0.6 is 18.5 Å².